The fourth-order valence-electron chi connectivity index (χ4n) is 4.01. The van der Waals surface area contributed by atoms with E-state index in [1.54, 1.807) is 18.4 Å². The number of piperazine rings is 1. The molecule has 0 spiro atoms. The molecule has 1 amide bonds. The van der Waals surface area contributed by atoms with Crippen LogP contribution in [0.1, 0.15) is 21.7 Å². The van der Waals surface area contributed by atoms with Crippen LogP contribution < -0.4 is 9.64 Å². The molecular formula is C21H28ClN3O2S. The molecule has 3 heterocycles. The number of thiophene rings is 1. The molecule has 0 N–H and O–H groups in total. The zero-order chi connectivity index (χ0) is 18.6. The highest BCUT2D eigenvalue weighted by Gasteiger charge is 2.25. The number of fused-ring (bicyclic) bond motifs is 1. The van der Waals surface area contributed by atoms with E-state index in [4.69, 9.17) is 4.74 Å². The van der Waals surface area contributed by atoms with Crippen LogP contribution in [0.15, 0.2) is 35.7 Å². The van der Waals surface area contributed by atoms with Crippen molar-refractivity contribution in [1.29, 1.82) is 0 Å². The Morgan fingerprint density at radius 1 is 1.04 bits per heavy atom. The van der Waals surface area contributed by atoms with E-state index >= 15 is 0 Å². The third-order valence-corrected chi connectivity index (χ3v) is 6.56. The molecule has 0 atom stereocenters. The number of hydrogen-bond donors (Lipinski definition) is 0. The minimum absolute atomic E-state index is 0. The predicted octanol–water partition coefficient (Wildman–Crippen LogP) is 3.39. The number of benzene rings is 1. The van der Waals surface area contributed by atoms with Crippen molar-refractivity contribution < 1.29 is 9.53 Å². The Hall–Kier alpha value is -1.76. The molecule has 2 aromatic rings. The summed E-state index contributed by atoms with van der Waals surface area (Å²) in [6.45, 7) is 6.66. The number of halogens is 1. The predicted molar refractivity (Wildman–Crippen MR) is 117 cm³/mol. The smallest absolute Gasteiger partial charge is 0.255 e. The summed E-state index contributed by atoms with van der Waals surface area (Å²) in [6, 6.07) is 10.2. The standard InChI is InChI=1S/C21H27N3O2S.ClH/c1-26-19-6-3-2-5-18(19)23-13-10-22(11-14-23)12-15-24-9-4-7-20-17(21(24)25)8-16-27-20;/h2-3,5-6,8,16H,4,7,9-15H2,1H3;1H. The number of anilines is 1. The summed E-state index contributed by atoms with van der Waals surface area (Å²) >= 11 is 1.72. The highest BCUT2D eigenvalue weighted by Crippen LogP contribution is 2.28. The minimum atomic E-state index is 0. The van der Waals surface area contributed by atoms with Crippen molar-refractivity contribution in [3.63, 3.8) is 0 Å². The molecule has 0 bridgehead atoms. The molecule has 28 heavy (non-hydrogen) atoms. The number of nitrogens with zero attached hydrogens (tertiary/aromatic N) is 3. The second kappa shape index (κ2) is 9.63. The van der Waals surface area contributed by atoms with Crippen LogP contribution in [0.5, 0.6) is 5.75 Å². The Morgan fingerprint density at radius 3 is 2.61 bits per heavy atom. The zero-order valence-corrected chi connectivity index (χ0v) is 17.9. The van der Waals surface area contributed by atoms with Gasteiger partial charge in [-0.15, -0.1) is 23.7 Å². The van der Waals surface area contributed by atoms with E-state index in [1.807, 2.05) is 28.5 Å². The number of para-hydroxylation sites is 2. The van der Waals surface area contributed by atoms with Gasteiger partial charge in [0.2, 0.25) is 0 Å². The van der Waals surface area contributed by atoms with Gasteiger partial charge in [0.1, 0.15) is 5.75 Å². The van der Waals surface area contributed by atoms with E-state index in [-0.39, 0.29) is 18.3 Å². The summed E-state index contributed by atoms with van der Waals surface area (Å²) in [4.78, 5) is 20.9. The molecule has 0 saturated carbocycles. The number of carbonyl (C=O) groups is 1. The van der Waals surface area contributed by atoms with Gasteiger partial charge in [-0.25, -0.2) is 0 Å². The Labute approximate surface area is 177 Å². The minimum Gasteiger partial charge on any atom is -0.495 e. The van der Waals surface area contributed by atoms with Gasteiger partial charge in [-0.1, -0.05) is 12.1 Å². The summed E-state index contributed by atoms with van der Waals surface area (Å²) in [5.74, 6) is 1.16. The lowest BCUT2D eigenvalue weighted by atomic mass is 10.2. The van der Waals surface area contributed by atoms with Gasteiger partial charge in [-0.2, -0.15) is 0 Å². The van der Waals surface area contributed by atoms with Crippen LogP contribution in [0, 0.1) is 0 Å². The highest BCUT2D eigenvalue weighted by atomic mass is 35.5. The number of ether oxygens (including phenoxy) is 1. The van der Waals surface area contributed by atoms with Crippen molar-refractivity contribution in [2.24, 2.45) is 0 Å². The molecule has 1 saturated heterocycles. The molecule has 1 fully saturated rings. The van der Waals surface area contributed by atoms with Crippen molar-refractivity contribution in [1.82, 2.24) is 9.80 Å². The van der Waals surface area contributed by atoms with Gasteiger partial charge < -0.3 is 14.5 Å². The number of methoxy groups -OCH3 is 1. The number of carbonyl (C=O) groups excluding carboxylic acids is 1. The van der Waals surface area contributed by atoms with E-state index in [2.05, 4.69) is 21.9 Å². The van der Waals surface area contributed by atoms with Crippen molar-refractivity contribution in [2.75, 3.05) is 57.8 Å². The van der Waals surface area contributed by atoms with Crippen LogP contribution in [0.25, 0.3) is 0 Å². The number of aryl methyl sites for hydroxylation is 1. The van der Waals surface area contributed by atoms with E-state index < -0.39 is 0 Å². The maximum atomic E-state index is 12.8. The van der Waals surface area contributed by atoms with E-state index in [0.717, 1.165) is 70.0 Å². The molecule has 0 radical (unpaired) electrons. The summed E-state index contributed by atoms with van der Waals surface area (Å²) in [5.41, 5.74) is 2.10. The second-order valence-corrected chi connectivity index (χ2v) is 8.15. The Bertz CT molecular complexity index is 789. The molecule has 1 aromatic carbocycles. The largest absolute Gasteiger partial charge is 0.495 e. The summed E-state index contributed by atoms with van der Waals surface area (Å²) in [7, 11) is 1.73. The summed E-state index contributed by atoms with van der Waals surface area (Å²) in [6.07, 6.45) is 2.10. The molecule has 2 aliphatic rings. The number of rotatable bonds is 5. The fraction of sp³-hybridized carbons (Fsp3) is 0.476. The van der Waals surface area contributed by atoms with Crippen LogP contribution in [-0.2, 0) is 6.42 Å². The normalized spacial score (nSPS) is 17.7. The van der Waals surface area contributed by atoms with Gasteiger partial charge in [0.15, 0.2) is 0 Å². The van der Waals surface area contributed by atoms with Gasteiger partial charge in [-0.05, 0) is 36.4 Å². The Balaban J connectivity index is 0.00000225. The first-order valence-corrected chi connectivity index (χ1v) is 10.6. The maximum absolute atomic E-state index is 12.8. The molecule has 0 unspecified atom stereocenters. The van der Waals surface area contributed by atoms with Crippen LogP contribution in [-0.4, -0.2) is 68.6 Å². The lowest BCUT2D eigenvalue weighted by molar-refractivity contribution is 0.0739. The molecular weight excluding hydrogens is 394 g/mol. The van der Waals surface area contributed by atoms with Crippen LogP contribution in [0.4, 0.5) is 5.69 Å². The van der Waals surface area contributed by atoms with Crippen molar-refractivity contribution >= 4 is 35.3 Å². The first-order valence-electron chi connectivity index (χ1n) is 9.72. The average molecular weight is 422 g/mol. The fourth-order valence-corrected chi connectivity index (χ4v) is 4.92. The molecule has 1 aromatic heterocycles. The Kier molecular flexibility index (Phi) is 7.21. The van der Waals surface area contributed by atoms with Gasteiger partial charge in [0.05, 0.1) is 18.4 Å². The lowest BCUT2D eigenvalue weighted by Crippen LogP contribution is -2.49. The molecule has 5 nitrogen and oxygen atoms in total. The van der Waals surface area contributed by atoms with E-state index in [1.165, 1.54) is 10.6 Å². The first-order chi connectivity index (χ1) is 13.3. The van der Waals surface area contributed by atoms with Crippen molar-refractivity contribution in [2.45, 2.75) is 12.8 Å². The van der Waals surface area contributed by atoms with Gasteiger partial charge >= 0.3 is 0 Å². The second-order valence-electron chi connectivity index (χ2n) is 7.15. The van der Waals surface area contributed by atoms with Gasteiger partial charge in [0, 0.05) is 50.7 Å². The molecule has 2 aliphatic heterocycles. The van der Waals surface area contributed by atoms with Gasteiger partial charge in [0.25, 0.3) is 5.91 Å². The molecule has 0 aliphatic carbocycles. The third kappa shape index (κ3) is 4.45. The quantitative estimate of drug-likeness (QED) is 0.741. The molecule has 4 rings (SSSR count). The Morgan fingerprint density at radius 2 is 1.82 bits per heavy atom. The number of amides is 1. The monoisotopic (exact) mass is 421 g/mol. The topological polar surface area (TPSA) is 36.0 Å². The highest BCUT2D eigenvalue weighted by molar-refractivity contribution is 7.10. The van der Waals surface area contributed by atoms with Crippen molar-refractivity contribution in [3.05, 3.63) is 46.2 Å². The third-order valence-electron chi connectivity index (χ3n) is 5.58. The maximum Gasteiger partial charge on any atom is 0.255 e. The van der Waals surface area contributed by atoms with Crippen LogP contribution in [0.2, 0.25) is 0 Å². The summed E-state index contributed by atoms with van der Waals surface area (Å²) < 4.78 is 5.50. The number of hydrogen-bond acceptors (Lipinski definition) is 5. The lowest BCUT2D eigenvalue weighted by Gasteiger charge is -2.37. The molecule has 152 valence electrons. The first kappa shape index (κ1) is 21.0. The van der Waals surface area contributed by atoms with Crippen LogP contribution in [0.3, 0.4) is 0 Å². The summed E-state index contributed by atoms with van der Waals surface area (Å²) in [5, 5.41) is 2.04. The van der Waals surface area contributed by atoms with E-state index in [0.29, 0.717) is 0 Å². The molecule has 7 heteroatoms. The zero-order valence-electron chi connectivity index (χ0n) is 16.3. The van der Waals surface area contributed by atoms with Gasteiger partial charge in [-0.3, -0.25) is 9.69 Å². The van der Waals surface area contributed by atoms with E-state index in [9.17, 15) is 4.79 Å². The SMILES string of the molecule is COc1ccccc1N1CCN(CCN2CCCc3sccc3C2=O)CC1.Cl. The van der Waals surface area contributed by atoms with Crippen LogP contribution >= 0.6 is 23.7 Å². The van der Waals surface area contributed by atoms with Crippen molar-refractivity contribution in [3.8, 4) is 5.75 Å². The average Bonchev–Trinajstić information content (AvgIpc) is 3.13.